The second-order valence-electron chi connectivity index (χ2n) is 3.52. The van der Waals surface area contributed by atoms with Crippen molar-refractivity contribution in [3.63, 3.8) is 0 Å². The number of carbonyl (C=O) groups is 1. The molecule has 0 aliphatic heterocycles. The first-order valence-corrected chi connectivity index (χ1v) is 7.25. The van der Waals surface area contributed by atoms with Gasteiger partial charge in [-0.3, -0.25) is 4.79 Å². The Bertz CT molecular complexity index is 363. The summed E-state index contributed by atoms with van der Waals surface area (Å²) in [5, 5.41) is 3.30. The van der Waals surface area contributed by atoms with Crippen LogP contribution < -0.4 is 5.32 Å². The summed E-state index contributed by atoms with van der Waals surface area (Å²) in [5.41, 5.74) is 0.332. The van der Waals surface area contributed by atoms with Gasteiger partial charge in [0, 0.05) is 6.54 Å². The van der Waals surface area contributed by atoms with Crippen LogP contribution in [0.2, 0.25) is 5.15 Å². The van der Waals surface area contributed by atoms with E-state index in [4.69, 9.17) is 11.6 Å². The zero-order chi connectivity index (χ0) is 12.5. The highest BCUT2D eigenvalue weighted by molar-refractivity contribution is 7.98. The zero-order valence-corrected chi connectivity index (χ0v) is 11.4. The van der Waals surface area contributed by atoms with Crippen molar-refractivity contribution in [1.82, 2.24) is 9.97 Å². The predicted molar refractivity (Wildman–Crippen MR) is 73.2 cm³/mol. The lowest BCUT2D eigenvalue weighted by Crippen LogP contribution is -2.07. The van der Waals surface area contributed by atoms with Gasteiger partial charge in [0.1, 0.15) is 17.3 Å². The highest BCUT2D eigenvalue weighted by Crippen LogP contribution is 2.17. The molecule has 1 aromatic rings. The van der Waals surface area contributed by atoms with Gasteiger partial charge in [0.25, 0.3) is 0 Å². The molecule has 0 aliphatic carbocycles. The van der Waals surface area contributed by atoms with Crippen molar-refractivity contribution < 1.29 is 4.79 Å². The summed E-state index contributed by atoms with van der Waals surface area (Å²) in [6, 6.07) is 0. The lowest BCUT2D eigenvalue weighted by Gasteiger charge is -2.07. The summed E-state index contributed by atoms with van der Waals surface area (Å²) in [4.78, 5) is 18.6. The number of halogens is 1. The van der Waals surface area contributed by atoms with Crippen LogP contribution in [0.25, 0.3) is 0 Å². The number of aromatic nitrogens is 2. The molecule has 0 aromatic carbocycles. The predicted octanol–water partition coefficient (Wildman–Crippen LogP) is 2.89. The van der Waals surface area contributed by atoms with Crippen molar-refractivity contribution in [2.24, 2.45) is 0 Å². The molecule has 0 aliphatic rings. The second-order valence-corrected chi connectivity index (χ2v) is 4.87. The topological polar surface area (TPSA) is 54.9 Å². The van der Waals surface area contributed by atoms with Crippen LogP contribution in [0.1, 0.15) is 29.6 Å². The largest absolute Gasteiger partial charge is 0.369 e. The zero-order valence-electron chi connectivity index (χ0n) is 9.78. The Labute approximate surface area is 111 Å². The van der Waals surface area contributed by atoms with E-state index < -0.39 is 0 Å². The van der Waals surface area contributed by atoms with Gasteiger partial charge < -0.3 is 5.32 Å². The van der Waals surface area contributed by atoms with Crippen LogP contribution >= 0.6 is 23.4 Å². The summed E-state index contributed by atoms with van der Waals surface area (Å²) >= 11 is 7.65. The number of hydrogen-bond donors (Lipinski definition) is 1. The third-order valence-corrected chi connectivity index (χ3v) is 3.27. The minimum absolute atomic E-state index is 0.194. The van der Waals surface area contributed by atoms with Gasteiger partial charge in [0.2, 0.25) is 0 Å². The molecule has 1 N–H and O–H groups in total. The Morgan fingerprint density at radius 2 is 2.24 bits per heavy atom. The molecule has 6 heteroatoms. The van der Waals surface area contributed by atoms with Crippen LogP contribution in [0.4, 0.5) is 5.82 Å². The molecule has 17 heavy (non-hydrogen) atoms. The Morgan fingerprint density at radius 1 is 1.41 bits per heavy atom. The van der Waals surface area contributed by atoms with E-state index in [1.807, 2.05) is 11.8 Å². The van der Waals surface area contributed by atoms with Crippen molar-refractivity contribution in [1.29, 1.82) is 0 Å². The highest BCUT2D eigenvalue weighted by atomic mass is 35.5. The van der Waals surface area contributed by atoms with Gasteiger partial charge in [-0.05, 0) is 24.9 Å². The molecule has 0 amide bonds. The summed E-state index contributed by atoms with van der Waals surface area (Å²) < 4.78 is 0. The molecule has 4 nitrogen and oxygen atoms in total. The number of hydrogen-bond acceptors (Lipinski definition) is 5. The molecule has 0 saturated heterocycles. The minimum Gasteiger partial charge on any atom is -0.369 e. The molecule has 0 atom stereocenters. The van der Waals surface area contributed by atoms with E-state index in [2.05, 4.69) is 21.5 Å². The summed E-state index contributed by atoms with van der Waals surface area (Å²) in [6.45, 7) is 0.794. The number of thioether (sulfide) groups is 1. The summed E-state index contributed by atoms with van der Waals surface area (Å²) in [5.74, 6) is 1.71. The standard InChI is InChI=1S/C11H16ClN3OS/c1-17-6-4-2-3-5-13-11-9(7-16)10(12)14-8-15-11/h7-8H,2-6H2,1H3,(H,13,14,15). The van der Waals surface area contributed by atoms with E-state index in [-0.39, 0.29) is 5.15 Å². The third-order valence-electron chi connectivity index (χ3n) is 2.27. The second kappa shape index (κ2) is 8.31. The molecule has 0 fully saturated rings. The fourth-order valence-corrected chi connectivity index (χ4v) is 2.04. The molecule has 1 heterocycles. The van der Waals surface area contributed by atoms with Gasteiger partial charge in [0.05, 0.1) is 5.56 Å². The van der Waals surface area contributed by atoms with Crippen molar-refractivity contribution in [2.45, 2.75) is 19.3 Å². The average Bonchev–Trinajstić information content (AvgIpc) is 2.34. The molecule has 94 valence electrons. The third kappa shape index (κ3) is 4.91. The van der Waals surface area contributed by atoms with Crippen LogP contribution in [-0.2, 0) is 0 Å². The average molecular weight is 274 g/mol. The molecular weight excluding hydrogens is 258 g/mol. The van der Waals surface area contributed by atoms with Gasteiger partial charge in [-0.1, -0.05) is 18.0 Å². The number of carbonyl (C=O) groups excluding carboxylic acids is 1. The van der Waals surface area contributed by atoms with E-state index in [0.29, 0.717) is 17.7 Å². The molecule has 1 rings (SSSR count). The fourth-order valence-electron chi connectivity index (χ4n) is 1.37. The number of nitrogens with one attached hydrogen (secondary N) is 1. The molecule has 0 unspecified atom stereocenters. The van der Waals surface area contributed by atoms with E-state index in [0.717, 1.165) is 13.0 Å². The molecule has 1 aromatic heterocycles. The van der Waals surface area contributed by atoms with Crippen molar-refractivity contribution in [2.75, 3.05) is 23.9 Å². The van der Waals surface area contributed by atoms with E-state index >= 15 is 0 Å². The van der Waals surface area contributed by atoms with Crippen molar-refractivity contribution in [3.8, 4) is 0 Å². The first-order chi connectivity index (χ1) is 8.29. The van der Waals surface area contributed by atoms with Crippen molar-refractivity contribution in [3.05, 3.63) is 17.0 Å². The first kappa shape index (κ1) is 14.3. The minimum atomic E-state index is 0.194. The van der Waals surface area contributed by atoms with Gasteiger partial charge >= 0.3 is 0 Å². The van der Waals surface area contributed by atoms with Crippen LogP contribution in [-0.4, -0.2) is 34.8 Å². The molecule has 0 bridgehead atoms. The molecule has 0 radical (unpaired) electrons. The monoisotopic (exact) mass is 273 g/mol. The lowest BCUT2D eigenvalue weighted by molar-refractivity contribution is 0.112. The van der Waals surface area contributed by atoms with Crippen LogP contribution in [0, 0.1) is 0 Å². The molecule has 0 saturated carbocycles. The molecule has 0 spiro atoms. The van der Waals surface area contributed by atoms with Gasteiger partial charge in [0.15, 0.2) is 6.29 Å². The van der Waals surface area contributed by atoms with Crippen LogP contribution in [0.3, 0.4) is 0 Å². The van der Waals surface area contributed by atoms with E-state index in [1.54, 1.807) is 0 Å². The fraction of sp³-hybridized carbons (Fsp3) is 0.545. The quantitative estimate of drug-likeness (QED) is 0.448. The molecular formula is C11H16ClN3OS. The van der Waals surface area contributed by atoms with E-state index in [1.165, 1.54) is 24.9 Å². The number of aldehydes is 1. The van der Waals surface area contributed by atoms with Crippen LogP contribution in [0.5, 0.6) is 0 Å². The maximum absolute atomic E-state index is 10.8. The normalized spacial score (nSPS) is 10.2. The Morgan fingerprint density at radius 3 is 2.94 bits per heavy atom. The number of rotatable bonds is 8. The van der Waals surface area contributed by atoms with Crippen molar-refractivity contribution >= 4 is 35.5 Å². The number of nitrogens with zero attached hydrogens (tertiary/aromatic N) is 2. The summed E-state index contributed by atoms with van der Waals surface area (Å²) in [6.07, 6.45) is 7.58. The Kier molecular flexibility index (Phi) is 6.96. The Balaban J connectivity index is 2.36. The highest BCUT2D eigenvalue weighted by Gasteiger charge is 2.07. The van der Waals surface area contributed by atoms with Gasteiger partial charge in [-0.25, -0.2) is 9.97 Å². The maximum atomic E-state index is 10.8. The number of unbranched alkanes of at least 4 members (excludes halogenated alkanes) is 2. The van der Waals surface area contributed by atoms with Gasteiger partial charge in [-0.2, -0.15) is 11.8 Å². The first-order valence-electron chi connectivity index (χ1n) is 5.48. The SMILES string of the molecule is CSCCCCCNc1ncnc(Cl)c1C=O. The Hall–Kier alpha value is -0.810. The van der Waals surface area contributed by atoms with Crippen LogP contribution in [0.15, 0.2) is 6.33 Å². The summed E-state index contributed by atoms with van der Waals surface area (Å²) in [7, 11) is 0. The van der Waals surface area contributed by atoms with Gasteiger partial charge in [-0.15, -0.1) is 0 Å². The maximum Gasteiger partial charge on any atom is 0.156 e. The lowest BCUT2D eigenvalue weighted by atomic mass is 10.2. The number of anilines is 1. The van der Waals surface area contributed by atoms with E-state index in [9.17, 15) is 4.79 Å². The smallest absolute Gasteiger partial charge is 0.156 e.